The van der Waals surface area contributed by atoms with E-state index in [-0.39, 0.29) is 17.5 Å². The Balaban J connectivity index is 1.24. The molecule has 3 aliphatic rings. The largest absolute Gasteiger partial charge is 0.496 e. The molecule has 1 aromatic carbocycles. The van der Waals surface area contributed by atoms with Gasteiger partial charge >= 0.3 is 6.03 Å². The molecule has 1 fully saturated rings. The standard InChI is InChI=1S/C28H33N7O3/c1-28(2)11-9-24-31-32-25(35(24)28)21-7-6-8-23(29-21)30-26(36)20-15-19-17-34(27(37)33-12-4-5-13-33)14-10-18(19)16-22(20)38-3/h6-8,15-16H,4-5,9-14,17H2,1-3H3,(H,29,30,36). The van der Waals surface area contributed by atoms with Crippen molar-refractivity contribution < 1.29 is 14.3 Å². The van der Waals surface area contributed by atoms with Crippen LogP contribution < -0.4 is 10.1 Å². The van der Waals surface area contributed by atoms with E-state index in [1.807, 2.05) is 34.1 Å². The monoisotopic (exact) mass is 515 g/mol. The summed E-state index contributed by atoms with van der Waals surface area (Å²) < 4.78 is 7.73. The van der Waals surface area contributed by atoms with Crippen LogP contribution >= 0.6 is 0 Å². The lowest BCUT2D eigenvalue weighted by atomic mass is 9.96. The summed E-state index contributed by atoms with van der Waals surface area (Å²) in [7, 11) is 1.57. The van der Waals surface area contributed by atoms with E-state index >= 15 is 0 Å². The van der Waals surface area contributed by atoms with E-state index in [1.165, 1.54) is 0 Å². The molecule has 0 aliphatic carbocycles. The van der Waals surface area contributed by atoms with Crippen LogP contribution in [0.2, 0.25) is 0 Å². The number of hydrogen-bond acceptors (Lipinski definition) is 6. The first-order valence-corrected chi connectivity index (χ1v) is 13.3. The first-order chi connectivity index (χ1) is 18.3. The van der Waals surface area contributed by atoms with Crippen LogP contribution in [0.15, 0.2) is 30.3 Å². The predicted octanol–water partition coefficient (Wildman–Crippen LogP) is 3.86. The van der Waals surface area contributed by atoms with Gasteiger partial charge in [0.05, 0.1) is 12.7 Å². The highest BCUT2D eigenvalue weighted by Crippen LogP contribution is 2.35. The zero-order chi connectivity index (χ0) is 26.4. The number of pyridine rings is 1. The minimum atomic E-state index is -0.316. The van der Waals surface area contributed by atoms with Crippen molar-refractivity contribution in [3.05, 3.63) is 52.8 Å². The number of ether oxygens (including phenoxy) is 1. The molecule has 3 amide bonds. The Morgan fingerprint density at radius 2 is 1.82 bits per heavy atom. The average Bonchev–Trinajstić information content (AvgIpc) is 3.67. The SMILES string of the molecule is COc1cc2c(cc1C(=O)Nc1cccc(-c3nnc4n3C(C)(C)CC4)n1)CN(C(=O)N1CCCC1)CC2. The molecule has 3 aliphatic heterocycles. The summed E-state index contributed by atoms with van der Waals surface area (Å²) in [6.07, 6.45) is 4.74. The van der Waals surface area contributed by atoms with Crippen LogP contribution in [0.1, 0.15) is 60.4 Å². The van der Waals surface area contributed by atoms with Gasteiger partial charge in [-0.1, -0.05) is 6.07 Å². The quantitative estimate of drug-likeness (QED) is 0.566. The van der Waals surface area contributed by atoms with Gasteiger partial charge in [-0.05, 0) is 74.9 Å². The number of amides is 3. The number of nitrogens with one attached hydrogen (secondary N) is 1. The molecule has 3 aromatic rings. The van der Waals surface area contributed by atoms with Crippen LogP contribution in [0, 0.1) is 0 Å². The summed E-state index contributed by atoms with van der Waals surface area (Å²) in [6, 6.07) is 9.35. The Morgan fingerprint density at radius 1 is 1.00 bits per heavy atom. The van der Waals surface area contributed by atoms with E-state index in [4.69, 9.17) is 9.72 Å². The lowest BCUT2D eigenvalue weighted by Gasteiger charge is -2.32. The summed E-state index contributed by atoms with van der Waals surface area (Å²) in [5, 5.41) is 11.7. The molecule has 1 saturated heterocycles. The molecular weight excluding hydrogens is 482 g/mol. The highest BCUT2D eigenvalue weighted by molar-refractivity contribution is 6.06. The maximum absolute atomic E-state index is 13.4. The van der Waals surface area contributed by atoms with Crippen LogP contribution in [0.5, 0.6) is 5.75 Å². The van der Waals surface area contributed by atoms with Gasteiger partial charge in [-0.15, -0.1) is 10.2 Å². The molecule has 10 nitrogen and oxygen atoms in total. The Morgan fingerprint density at radius 3 is 2.61 bits per heavy atom. The number of benzene rings is 1. The molecular formula is C28H33N7O3. The number of nitrogens with zero attached hydrogens (tertiary/aromatic N) is 6. The number of fused-ring (bicyclic) bond motifs is 2. The summed E-state index contributed by atoms with van der Waals surface area (Å²) >= 11 is 0. The van der Waals surface area contributed by atoms with Crippen LogP contribution in [-0.4, -0.2) is 68.2 Å². The molecule has 2 aromatic heterocycles. The smallest absolute Gasteiger partial charge is 0.320 e. The van der Waals surface area contributed by atoms with Crippen molar-refractivity contribution in [1.82, 2.24) is 29.5 Å². The van der Waals surface area contributed by atoms with E-state index in [1.54, 1.807) is 13.2 Å². The number of carbonyl (C=O) groups is 2. The van der Waals surface area contributed by atoms with E-state index < -0.39 is 0 Å². The molecule has 6 rings (SSSR count). The second-order valence-electron chi connectivity index (χ2n) is 10.9. The van der Waals surface area contributed by atoms with Gasteiger partial charge in [0, 0.05) is 38.1 Å². The van der Waals surface area contributed by atoms with Crippen LogP contribution in [0.3, 0.4) is 0 Å². The molecule has 0 spiro atoms. The number of aryl methyl sites for hydroxylation is 1. The van der Waals surface area contributed by atoms with Crippen molar-refractivity contribution in [2.45, 2.75) is 58.0 Å². The lowest BCUT2D eigenvalue weighted by molar-refractivity contribution is 0.102. The average molecular weight is 516 g/mol. The van der Waals surface area contributed by atoms with Gasteiger partial charge in [0.15, 0.2) is 5.82 Å². The zero-order valence-electron chi connectivity index (χ0n) is 22.2. The molecule has 1 N–H and O–H groups in total. The van der Waals surface area contributed by atoms with Gasteiger partial charge in [0.25, 0.3) is 5.91 Å². The van der Waals surface area contributed by atoms with Crippen molar-refractivity contribution in [2.24, 2.45) is 0 Å². The fourth-order valence-electron chi connectivity index (χ4n) is 5.83. The summed E-state index contributed by atoms with van der Waals surface area (Å²) in [6.45, 7) is 7.13. The number of carbonyl (C=O) groups excluding carboxylic acids is 2. The highest BCUT2D eigenvalue weighted by atomic mass is 16.5. The Bertz CT molecular complexity index is 1410. The molecule has 0 saturated carbocycles. The molecule has 38 heavy (non-hydrogen) atoms. The van der Waals surface area contributed by atoms with Crippen molar-refractivity contribution in [1.29, 1.82) is 0 Å². The third-order valence-corrected chi connectivity index (χ3v) is 7.94. The molecule has 0 radical (unpaired) electrons. The number of anilines is 1. The minimum absolute atomic E-state index is 0.0825. The van der Waals surface area contributed by atoms with E-state index in [0.29, 0.717) is 41.7 Å². The number of aromatic nitrogens is 4. The summed E-state index contributed by atoms with van der Waals surface area (Å²) in [4.78, 5) is 34.9. The fourth-order valence-corrected chi connectivity index (χ4v) is 5.83. The Kier molecular flexibility index (Phi) is 6.04. The van der Waals surface area contributed by atoms with Crippen molar-refractivity contribution >= 4 is 17.8 Å². The van der Waals surface area contributed by atoms with Gasteiger partial charge in [0.1, 0.15) is 23.1 Å². The molecule has 0 bridgehead atoms. The first kappa shape index (κ1) is 24.4. The molecule has 198 valence electrons. The van der Waals surface area contributed by atoms with E-state index in [9.17, 15) is 9.59 Å². The first-order valence-electron chi connectivity index (χ1n) is 13.3. The number of urea groups is 1. The van der Waals surface area contributed by atoms with E-state index in [2.05, 4.69) is 33.9 Å². The van der Waals surface area contributed by atoms with Gasteiger partial charge in [-0.2, -0.15) is 0 Å². The Labute approximate surface area is 222 Å². The van der Waals surface area contributed by atoms with Crippen molar-refractivity contribution in [3.63, 3.8) is 0 Å². The zero-order valence-corrected chi connectivity index (χ0v) is 22.2. The molecule has 0 unspecified atom stereocenters. The van der Waals surface area contributed by atoms with Crippen LogP contribution in [0.4, 0.5) is 10.6 Å². The fraction of sp³-hybridized carbons (Fsp3) is 0.464. The van der Waals surface area contributed by atoms with E-state index in [0.717, 1.165) is 62.1 Å². The van der Waals surface area contributed by atoms with Crippen molar-refractivity contribution in [2.75, 3.05) is 32.1 Å². The summed E-state index contributed by atoms with van der Waals surface area (Å²) in [5.41, 5.74) is 3.06. The maximum atomic E-state index is 13.4. The lowest BCUT2D eigenvalue weighted by Crippen LogP contribution is -2.44. The third-order valence-electron chi connectivity index (χ3n) is 7.94. The van der Waals surface area contributed by atoms with Crippen LogP contribution in [0.25, 0.3) is 11.5 Å². The minimum Gasteiger partial charge on any atom is -0.496 e. The second kappa shape index (κ2) is 9.41. The van der Waals surface area contributed by atoms with Gasteiger partial charge in [-0.25, -0.2) is 9.78 Å². The molecule has 5 heterocycles. The number of likely N-dealkylation sites (tertiary alicyclic amines) is 1. The van der Waals surface area contributed by atoms with Gasteiger partial charge in [-0.3, -0.25) is 4.79 Å². The number of hydrogen-bond donors (Lipinski definition) is 1. The number of rotatable bonds is 4. The van der Waals surface area contributed by atoms with Crippen molar-refractivity contribution in [3.8, 4) is 17.3 Å². The molecule has 0 atom stereocenters. The second-order valence-corrected chi connectivity index (χ2v) is 10.9. The third kappa shape index (κ3) is 4.27. The predicted molar refractivity (Wildman–Crippen MR) is 142 cm³/mol. The highest BCUT2D eigenvalue weighted by Gasteiger charge is 2.34. The summed E-state index contributed by atoms with van der Waals surface area (Å²) in [5.74, 6) is 2.27. The maximum Gasteiger partial charge on any atom is 0.320 e. The van der Waals surface area contributed by atoms with Crippen LogP contribution in [-0.2, 0) is 24.9 Å². The normalized spacial score (nSPS) is 17.8. The molecule has 10 heteroatoms. The topological polar surface area (TPSA) is 105 Å². The van der Waals surface area contributed by atoms with Gasteiger partial charge < -0.3 is 24.4 Å². The number of methoxy groups -OCH3 is 1. The van der Waals surface area contributed by atoms with Gasteiger partial charge in [0.2, 0.25) is 0 Å². The Hall–Kier alpha value is -3.95.